The van der Waals surface area contributed by atoms with Crippen molar-refractivity contribution in [2.24, 2.45) is 0 Å². The SMILES string of the molecule is c1ccc(N(c2ccc(-c3ccc4cccc(N(c5ccccc5)c5ccccc5)c4c3)cc2)c2ccc3c(c2)oc2ccccc23)cc1. The van der Waals surface area contributed by atoms with E-state index in [1.165, 1.54) is 16.3 Å². The third kappa shape index (κ3) is 5.28. The van der Waals surface area contributed by atoms with Crippen molar-refractivity contribution in [3.05, 3.63) is 194 Å². The fourth-order valence-corrected chi connectivity index (χ4v) is 6.89. The van der Waals surface area contributed by atoms with Crippen molar-refractivity contribution >= 4 is 66.8 Å². The van der Waals surface area contributed by atoms with E-state index in [0.29, 0.717) is 0 Å². The standard InChI is InChI=1S/C46H32N2O/c1-4-14-36(15-5-1)47(40-29-30-42-41-20-10-11-22-45(41)49-46(42)32-40)39-27-25-33(26-28-39)35-24-23-34-13-12-21-44(43(34)31-35)48(37-16-6-2-7-17-37)38-18-8-3-9-19-38/h1-32H. The van der Waals surface area contributed by atoms with Crippen LogP contribution in [0.15, 0.2) is 199 Å². The Morgan fingerprint density at radius 3 is 1.55 bits per heavy atom. The number of rotatable bonds is 7. The fraction of sp³-hybridized carbons (Fsp3) is 0. The second-order valence-corrected chi connectivity index (χ2v) is 12.2. The summed E-state index contributed by atoms with van der Waals surface area (Å²) < 4.78 is 6.28. The van der Waals surface area contributed by atoms with Crippen LogP contribution in [-0.2, 0) is 0 Å². The van der Waals surface area contributed by atoms with E-state index in [2.05, 4.69) is 192 Å². The third-order valence-corrected chi connectivity index (χ3v) is 9.22. The summed E-state index contributed by atoms with van der Waals surface area (Å²) in [6, 6.07) is 68.6. The molecule has 0 atom stereocenters. The predicted octanol–water partition coefficient (Wildman–Crippen LogP) is 13.3. The number of para-hydroxylation sites is 4. The zero-order valence-electron chi connectivity index (χ0n) is 26.8. The molecule has 9 aromatic rings. The molecule has 1 heterocycles. The number of fused-ring (bicyclic) bond motifs is 4. The van der Waals surface area contributed by atoms with Crippen LogP contribution in [-0.4, -0.2) is 0 Å². The number of nitrogens with zero attached hydrogens (tertiary/aromatic N) is 2. The topological polar surface area (TPSA) is 19.6 Å². The average Bonchev–Trinajstić information content (AvgIpc) is 3.55. The van der Waals surface area contributed by atoms with E-state index in [0.717, 1.165) is 61.6 Å². The fourth-order valence-electron chi connectivity index (χ4n) is 6.89. The lowest BCUT2D eigenvalue weighted by Crippen LogP contribution is -2.10. The molecule has 0 N–H and O–H groups in total. The normalized spacial score (nSPS) is 11.3. The molecule has 0 saturated carbocycles. The molecule has 1 aromatic heterocycles. The van der Waals surface area contributed by atoms with E-state index in [9.17, 15) is 0 Å². The van der Waals surface area contributed by atoms with E-state index in [4.69, 9.17) is 4.42 Å². The maximum absolute atomic E-state index is 6.28. The molecule has 0 radical (unpaired) electrons. The van der Waals surface area contributed by atoms with Gasteiger partial charge in [-0.1, -0.05) is 109 Å². The minimum absolute atomic E-state index is 0.878. The summed E-state index contributed by atoms with van der Waals surface area (Å²) in [6.07, 6.45) is 0. The van der Waals surface area contributed by atoms with Gasteiger partial charge in [-0.05, 0) is 95.4 Å². The Morgan fingerprint density at radius 2 is 0.857 bits per heavy atom. The molecule has 0 aliphatic carbocycles. The van der Waals surface area contributed by atoms with Crippen LogP contribution >= 0.6 is 0 Å². The summed E-state index contributed by atoms with van der Waals surface area (Å²) in [5.74, 6) is 0. The molecule has 0 unspecified atom stereocenters. The van der Waals surface area contributed by atoms with Crippen molar-refractivity contribution < 1.29 is 4.42 Å². The second kappa shape index (κ2) is 12.2. The molecule has 0 bridgehead atoms. The molecule has 3 nitrogen and oxygen atoms in total. The van der Waals surface area contributed by atoms with Crippen molar-refractivity contribution in [3.63, 3.8) is 0 Å². The first-order valence-corrected chi connectivity index (χ1v) is 16.6. The molecule has 49 heavy (non-hydrogen) atoms. The van der Waals surface area contributed by atoms with Gasteiger partial charge in [0, 0.05) is 50.7 Å². The average molecular weight is 629 g/mol. The molecular formula is C46H32N2O. The highest BCUT2D eigenvalue weighted by atomic mass is 16.3. The van der Waals surface area contributed by atoms with Crippen molar-refractivity contribution in [1.29, 1.82) is 0 Å². The van der Waals surface area contributed by atoms with Crippen molar-refractivity contribution in [2.75, 3.05) is 9.80 Å². The van der Waals surface area contributed by atoms with Gasteiger partial charge < -0.3 is 14.2 Å². The molecule has 0 aliphatic heterocycles. The van der Waals surface area contributed by atoms with Crippen molar-refractivity contribution in [2.45, 2.75) is 0 Å². The highest BCUT2D eigenvalue weighted by Crippen LogP contribution is 2.41. The summed E-state index contributed by atoms with van der Waals surface area (Å²) in [5, 5.41) is 4.65. The first kappa shape index (κ1) is 28.6. The van der Waals surface area contributed by atoms with Gasteiger partial charge in [0.25, 0.3) is 0 Å². The van der Waals surface area contributed by atoms with E-state index < -0.39 is 0 Å². The highest BCUT2D eigenvalue weighted by molar-refractivity contribution is 6.06. The molecule has 8 aromatic carbocycles. The molecule has 0 amide bonds. The van der Waals surface area contributed by atoms with E-state index in [-0.39, 0.29) is 0 Å². The van der Waals surface area contributed by atoms with Crippen LogP contribution in [0.3, 0.4) is 0 Å². The molecule has 0 aliphatic rings. The number of hydrogen-bond acceptors (Lipinski definition) is 3. The van der Waals surface area contributed by atoms with Gasteiger partial charge in [0.1, 0.15) is 11.2 Å². The number of anilines is 6. The Labute approximate surface area is 285 Å². The minimum Gasteiger partial charge on any atom is -0.456 e. The van der Waals surface area contributed by atoms with Gasteiger partial charge in [-0.15, -0.1) is 0 Å². The lowest BCUT2D eigenvalue weighted by Gasteiger charge is -2.27. The van der Waals surface area contributed by atoms with Crippen molar-refractivity contribution in [3.8, 4) is 11.1 Å². The van der Waals surface area contributed by atoms with Crippen LogP contribution in [0.2, 0.25) is 0 Å². The van der Waals surface area contributed by atoms with Crippen LogP contribution in [0.5, 0.6) is 0 Å². The zero-order valence-corrected chi connectivity index (χ0v) is 26.8. The quantitative estimate of drug-likeness (QED) is 0.175. The lowest BCUT2D eigenvalue weighted by molar-refractivity contribution is 0.669. The summed E-state index contributed by atoms with van der Waals surface area (Å²) in [7, 11) is 0. The lowest BCUT2D eigenvalue weighted by atomic mass is 9.99. The Balaban J connectivity index is 1.12. The Kier molecular flexibility index (Phi) is 7.14. The van der Waals surface area contributed by atoms with Crippen LogP contribution in [0.4, 0.5) is 34.1 Å². The van der Waals surface area contributed by atoms with Crippen molar-refractivity contribution in [1.82, 2.24) is 0 Å². The van der Waals surface area contributed by atoms with Gasteiger partial charge in [-0.2, -0.15) is 0 Å². The second-order valence-electron chi connectivity index (χ2n) is 12.2. The molecule has 232 valence electrons. The van der Waals surface area contributed by atoms with Gasteiger partial charge in [0.05, 0.1) is 5.69 Å². The molecule has 0 fully saturated rings. The molecule has 0 spiro atoms. The van der Waals surface area contributed by atoms with E-state index >= 15 is 0 Å². The number of benzene rings is 8. The number of furan rings is 1. The van der Waals surface area contributed by atoms with Gasteiger partial charge >= 0.3 is 0 Å². The number of hydrogen-bond donors (Lipinski definition) is 0. The van der Waals surface area contributed by atoms with Crippen LogP contribution < -0.4 is 9.80 Å². The van der Waals surface area contributed by atoms with E-state index in [1.54, 1.807) is 0 Å². The smallest absolute Gasteiger partial charge is 0.137 e. The summed E-state index contributed by atoms with van der Waals surface area (Å²) in [4.78, 5) is 4.62. The van der Waals surface area contributed by atoms with Crippen LogP contribution in [0, 0.1) is 0 Å². The Hall–Kier alpha value is -6.58. The highest BCUT2D eigenvalue weighted by Gasteiger charge is 2.17. The van der Waals surface area contributed by atoms with Crippen LogP contribution in [0.25, 0.3) is 43.8 Å². The summed E-state index contributed by atoms with van der Waals surface area (Å²) in [5.41, 5.74) is 10.7. The molecule has 9 rings (SSSR count). The van der Waals surface area contributed by atoms with Crippen LogP contribution in [0.1, 0.15) is 0 Å². The van der Waals surface area contributed by atoms with Gasteiger partial charge in [-0.3, -0.25) is 0 Å². The molecular weight excluding hydrogens is 597 g/mol. The minimum atomic E-state index is 0.878. The first-order valence-electron chi connectivity index (χ1n) is 16.6. The predicted molar refractivity (Wildman–Crippen MR) is 206 cm³/mol. The van der Waals surface area contributed by atoms with E-state index in [1.807, 2.05) is 12.1 Å². The molecule has 0 saturated heterocycles. The zero-order chi connectivity index (χ0) is 32.6. The Bertz CT molecular complexity index is 2500. The first-order chi connectivity index (χ1) is 24.3. The monoisotopic (exact) mass is 628 g/mol. The summed E-state index contributed by atoms with van der Waals surface area (Å²) >= 11 is 0. The maximum atomic E-state index is 6.28. The maximum Gasteiger partial charge on any atom is 0.137 e. The molecule has 3 heteroatoms. The largest absolute Gasteiger partial charge is 0.456 e. The van der Waals surface area contributed by atoms with Gasteiger partial charge in [0.15, 0.2) is 0 Å². The van der Waals surface area contributed by atoms with Gasteiger partial charge in [-0.25, -0.2) is 0 Å². The Morgan fingerprint density at radius 1 is 0.306 bits per heavy atom. The third-order valence-electron chi connectivity index (χ3n) is 9.22. The summed E-state index contributed by atoms with van der Waals surface area (Å²) in [6.45, 7) is 0. The van der Waals surface area contributed by atoms with Gasteiger partial charge in [0.2, 0.25) is 0 Å².